The van der Waals surface area contributed by atoms with Gasteiger partial charge in [-0.1, -0.05) is 19.9 Å². The van der Waals surface area contributed by atoms with Crippen LogP contribution in [0.15, 0.2) is 24.3 Å². The lowest BCUT2D eigenvalue weighted by Crippen LogP contribution is -2.36. The molecular weight excluding hydrogens is 313 g/mol. The third-order valence-corrected chi connectivity index (χ3v) is 3.55. The molecule has 0 unspecified atom stereocenters. The molecule has 0 bridgehead atoms. The molecule has 0 aromatic heterocycles. The molecule has 0 saturated heterocycles. The van der Waals surface area contributed by atoms with E-state index in [0.29, 0.717) is 6.04 Å². The Morgan fingerprint density at radius 3 is 2.50 bits per heavy atom. The summed E-state index contributed by atoms with van der Waals surface area (Å²) < 4.78 is 1.10. The van der Waals surface area contributed by atoms with Crippen LogP contribution in [-0.2, 0) is 0 Å². The van der Waals surface area contributed by atoms with Gasteiger partial charge in [0, 0.05) is 22.2 Å². The molecule has 0 N–H and O–H groups in total. The Morgan fingerprint density at radius 2 is 2.00 bits per heavy atom. The maximum atomic E-state index is 12.2. The minimum Gasteiger partial charge on any atom is -0.339 e. The zero-order chi connectivity index (χ0) is 12.1. The second-order valence-electron chi connectivity index (χ2n) is 3.90. The molecule has 0 aliphatic carbocycles. The van der Waals surface area contributed by atoms with Crippen LogP contribution in [0.1, 0.15) is 37.0 Å². The summed E-state index contributed by atoms with van der Waals surface area (Å²) in [6.07, 6.45) is 2.01. The third kappa shape index (κ3) is 3.20. The van der Waals surface area contributed by atoms with Crippen molar-refractivity contribution in [2.75, 3.05) is 7.05 Å². The van der Waals surface area contributed by atoms with Crippen LogP contribution in [0.4, 0.5) is 0 Å². The van der Waals surface area contributed by atoms with Gasteiger partial charge in [0.2, 0.25) is 0 Å². The lowest BCUT2D eigenvalue weighted by atomic mass is 10.1. The van der Waals surface area contributed by atoms with Crippen molar-refractivity contribution >= 4 is 28.5 Å². The molecule has 0 heterocycles. The minimum absolute atomic E-state index is 0.118. The molecule has 16 heavy (non-hydrogen) atoms. The summed E-state index contributed by atoms with van der Waals surface area (Å²) in [5.41, 5.74) is 0.779. The van der Waals surface area contributed by atoms with E-state index in [4.69, 9.17) is 0 Å². The molecule has 0 radical (unpaired) electrons. The molecule has 3 heteroatoms. The third-order valence-electron chi connectivity index (χ3n) is 2.88. The highest BCUT2D eigenvalue weighted by molar-refractivity contribution is 14.1. The molecule has 88 valence electrons. The van der Waals surface area contributed by atoms with E-state index in [0.717, 1.165) is 22.0 Å². The Balaban J connectivity index is 2.85. The van der Waals surface area contributed by atoms with Gasteiger partial charge in [-0.3, -0.25) is 4.79 Å². The molecule has 0 aliphatic rings. The topological polar surface area (TPSA) is 20.3 Å². The summed E-state index contributed by atoms with van der Waals surface area (Å²) >= 11 is 2.23. The molecule has 1 amide bonds. The van der Waals surface area contributed by atoms with Crippen LogP contribution in [0.5, 0.6) is 0 Å². The van der Waals surface area contributed by atoms with Crippen LogP contribution >= 0.6 is 22.6 Å². The zero-order valence-corrected chi connectivity index (χ0v) is 12.2. The Labute approximate surface area is 111 Å². The number of hydrogen-bond donors (Lipinski definition) is 0. The van der Waals surface area contributed by atoms with Gasteiger partial charge in [-0.25, -0.2) is 0 Å². The van der Waals surface area contributed by atoms with Crippen LogP contribution < -0.4 is 0 Å². The first kappa shape index (κ1) is 13.5. The van der Waals surface area contributed by atoms with E-state index in [9.17, 15) is 4.79 Å². The first-order valence-corrected chi connectivity index (χ1v) is 6.70. The fourth-order valence-corrected chi connectivity index (χ4v) is 2.37. The molecule has 0 atom stereocenters. The van der Waals surface area contributed by atoms with Gasteiger partial charge in [0.15, 0.2) is 0 Å². The van der Waals surface area contributed by atoms with E-state index in [1.165, 1.54) is 0 Å². The number of carbonyl (C=O) groups excluding carboxylic acids is 1. The van der Waals surface area contributed by atoms with Crippen molar-refractivity contribution in [2.45, 2.75) is 32.7 Å². The van der Waals surface area contributed by atoms with Crippen molar-refractivity contribution < 1.29 is 4.79 Å². The average Bonchev–Trinajstić information content (AvgIpc) is 2.29. The van der Waals surface area contributed by atoms with E-state index in [1.54, 1.807) is 0 Å². The molecule has 0 aliphatic heterocycles. The van der Waals surface area contributed by atoms with Gasteiger partial charge in [-0.15, -0.1) is 0 Å². The molecule has 2 nitrogen and oxygen atoms in total. The van der Waals surface area contributed by atoms with Gasteiger partial charge in [0.1, 0.15) is 0 Å². The lowest BCUT2D eigenvalue weighted by molar-refractivity contribution is 0.0723. The molecular formula is C13H18INO. The van der Waals surface area contributed by atoms with Gasteiger partial charge in [0.05, 0.1) is 0 Å². The van der Waals surface area contributed by atoms with Crippen molar-refractivity contribution in [1.82, 2.24) is 4.90 Å². The summed E-state index contributed by atoms with van der Waals surface area (Å²) in [5, 5.41) is 0. The van der Waals surface area contributed by atoms with Crippen molar-refractivity contribution in [2.24, 2.45) is 0 Å². The molecule has 1 aromatic rings. The summed E-state index contributed by atoms with van der Waals surface area (Å²) in [5.74, 6) is 0.118. The van der Waals surface area contributed by atoms with Gasteiger partial charge in [0.25, 0.3) is 5.91 Å². The van der Waals surface area contributed by atoms with E-state index in [1.807, 2.05) is 36.2 Å². The van der Waals surface area contributed by atoms with E-state index >= 15 is 0 Å². The van der Waals surface area contributed by atoms with Crippen LogP contribution in [-0.4, -0.2) is 23.9 Å². The van der Waals surface area contributed by atoms with Crippen LogP contribution in [0, 0.1) is 3.57 Å². The first-order chi connectivity index (χ1) is 7.60. The first-order valence-electron chi connectivity index (χ1n) is 5.62. The van der Waals surface area contributed by atoms with E-state index in [-0.39, 0.29) is 5.91 Å². The number of rotatable bonds is 4. The van der Waals surface area contributed by atoms with Crippen LogP contribution in [0.25, 0.3) is 0 Å². The van der Waals surface area contributed by atoms with Gasteiger partial charge in [-0.05, 0) is 53.6 Å². The largest absolute Gasteiger partial charge is 0.339 e. The maximum absolute atomic E-state index is 12.2. The number of nitrogens with zero attached hydrogens (tertiary/aromatic N) is 1. The fourth-order valence-electron chi connectivity index (χ4n) is 1.83. The lowest BCUT2D eigenvalue weighted by Gasteiger charge is -2.26. The summed E-state index contributed by atoms with van der Waals surface area (Å²) in [7, 11) is 1.89. The Hall–Kier alpha value is -0.580. The highest BCUT2D eigenvalue weighted by Crippen LogP contribution is 2.13. The van der Waals surface area contributed by atoms with E-state index < -0.39 is 0 Å². The molecule has 0 saturated carbocycles. The standard InChI is InChI=1S/C13H18INO/c1-4-12(5-2)15(3)13(16)10-7-6-8-11(14)9-10/h6-9,12H,4-5H2,1-3H3. The minimum atomic E-state index is 0.118. The normalized spacial score (nSPS) is 10.6. The predicted molar refractivity (Wildman–Crippen MR) is 75.6 cm³/mol. The number of amides is 1. The second-order valence-corrected chi connectivity index (χ2v) is 5.14. The highest BCUT2D eigenvalue weighted by atomic mass is 127. The van der Waals surface area contributed by atoms with Gasteiger partial charge >= 0.3 is 0 Å². The Morgan fingerprint density at radius 1 is 1.38 bits per heavy atom. The Kier molecular flexibility index (Phi) is 5.25. The predicted octanol–water partition coefficient (Wildman–Crippen LogP) is 3.55. The van der Waals surface area contributed by atoms with Gasteiger partial charge < -0.3 is 4.90 Å². The molecule has 0 spiro atoms. The number of carbonyl (C=O) groups is 1. The fraction of sp³-hybridized carbons (Fsp3) is 0.462. The molecule has 1 rings (SSSR count). The average molecular weight is 331 g/mol. The summed E-state index contributed by atoms with van der Waals surface area (Å²) in [6.45, 7) is 4.24. The maximum Gasteiger partial charge on any atom is 0.253 e. The SMILES string of the molecule is CCC(CC)N(C)C(=O)c1cccc(I)c1. The van der Waals surface area contributed by atoms with Crippen LogP contribution in [0.3, 0.4) is 0 Å². The van der Waals surface area contributed by atoms with Gasteiger partial charge in [-0.2, -0.15) is 0 Å². The van der Waals surface area contributed by atoms with E-state index in [2.05, 4.69) is 36.4 Å². The Bertz CT molecular complexity index is 361. The van der Waals surface area contributed by atoms with Crippen molar-refractivity contribution in [3.8, 4) is 0 Å². The quantitative estimate of drug-likeness (QED) is 0.773. The number of hydrogen-bond acceptors (Lipinski definition) is 1. The smallest absolute Gasteiger partial charge is 0.253 e. The van der Waals surface area contributed by atoms with Crippen molar-refractivity contribution in [3.05, 3.63) is 33.4 Å². The van der Waals surface area contributed by atoms with Crippen molar-refractivity contribution in [1.29, 1.82) is 0 Å². The number of halogens is 1. The monoisotopic (exact) mass is 331 g/mol. The summed E-state index contributed by atoms with van der Waals surface area (Å²) in [6, 6.07) is 8.07. The second kappa shape index (κ2) is 6.23. The highest BCUT2D eigenvalue weighted by Gasteiger charge is 2.18. The summed E-state index contributed by atoms with van der Waals surface area (Å²) in [4.78, 5) is 14.0. The molecule has 0 fully saturated rings. The molecule has 1 aromatic carbocycles. The zero-order valence-electron chi connectivity index (χ0n) is 10.0. The number of benzene rings is 1. The van der Waals surface area contributed by atoms with Crippen LogP contribution in [0.2, 0.25) is 0 Å². The van der Waals surface area contributed by atoms with Crippen molar-refractivity contribution in [3.63, 3.8) is 0 Å².